The second-order valence-corrected chi connectivity index (χ2v) is 4.93. The van der Waals surface area contributed by atoms with Gasteiger partial charge in [0.2, 0.25) is 0 Å². The second-order valence-electron chi connectivity index (χ2n) is 3.93. The molecular formula is C13H9F2NO4S. The molecule has 110 valence electrons. The quantitative estimate of drug-likeness (QED) is 0.857. The van der Waals surface area contributed by atoms with Gasteiger partial charge in [0.05, 0.1) is 5.56 Å². The number of thiazole rings is 1. The van der Waals surface area contributed by atoms with Crippen LogP contribution in [0, 0.1) is 0 Å². The van der Waals surface area contributed by atoms with Crippen LogP contribution < -0.4 is 4.74 Å². The molecule has 8 heteroatoms. The van der Waals surface area contributed by atoms with Crippen molar-refractivity contribution in [3.05, 3.63) is 34.8 Å². The summed E-state index contributed by atoms with van der Waals surface area (Å²) in [4.78, 5) is 26.3. The predicted octanol–water partition coefficient (Wildman–Crippen LogP) is 3.31. The van der Waals surface area contributed by atoms with Gasteiger partial charge in [-0.25, -0.2) is 9.78 Å². The monoisotopic (exact) mass is 313 g/mol. The molecule has 5 nitrogen and oxygen atoms in total. The largest absolute Gasteiger partial charge is 0.476 e. The highest BCUT2D eigenvalue weighted by Crippen LogP contribution is 2.35. The fourth-order valence-electron chi connectivity index (χ4n) is 1.66. The molecule has 2 rings (SSSR count). The van der Waals surface area contributed by atoms with Crippen molar-refractivity contribution in [1.29, 1.82) is 0 Å². The maximum Gasteiger partial charge on any atom is 0.387 e. The van der Waals surface area contributed by atoms with Crippen LogP contribution in [-0.4, -0.2) is 28.5 Å². The van der Waals surface area contributed by atoms with Crippen LogP contribution >= 0.6 is 11.3 Å². The number of para-hydroxylation sites is 1. The molecule has 21 heavy (non-hydrogen) atoms. The van der Waals surface area contributed by atoms with Crippen molar-refractivity contribution in [2.24, 2.45) is 0 Å². The van der Waals surface area contributed by atoms with E-state index in [2.05, 4.69) is 9.72 Å². The molecule has 0 saturated carbocycles. The van der Waals surface area contributed by atoms with Gasteiger partial charge in [-0.2, -0.15) is 8.78 Å². The molecule has 0 unspecified atom stereocenters. The van der Waals surface area contributed by atoms with Crippen LogP contribution in [0.25, 0.3) is 10.6 Å². The van der Waals surface area contributed by atoms with Crippen LogP contribution in [0.2, 0.25) is 0 Å². The van der Waals surface area contributed by atoms with E-state index >= 15 is 0 Å². The van der Waals surface area contributed by atoms with Crippen molar-refractivity contribution in [2.45, 2.75) is 13.5 Å². The van der Waals surface area contributed by atoms with Gasteiger partial charge in [-0.1, -0.05) is 12.1 Å². The number of ether oxygens (including phenoxy) is 1. The number of carbonyl (C=O) groups excluding carboxylic acids is 1. The summed E-state index contributed by atoms with van der Waals surface area (Å²) in [5.41, 5.74) is -0.188. The molecule has 0 bridgehead atoms. The van der Waals surface area contributed by atoms with Gasteiger partial charge in [0.25, 0.3) is 0 Å². The van der Waals surface area contributed by atoms with E-state index < -0.39 is 24.1 Å². The Morgan fingerprint density at radius 2 is 2.00 bits per heavy atom. The molecule has 0 aliphatic heterocycles. The minimum absolute atomic E-state index is 0.0376. The summed E-state index contributed by atoms with van der Waals surface area (Å²) in [5, 5.41) is 9.16. The number of nitrogens with zero attached hydrogens (tertiary/aromatic N) is 1. The van der Waals surface area contributed by atoms with Crippen molar-refractivity contribution in [3.8, 4) is 16.3 Å². The predicted molar refractivity (Wildman–Crippen MR) is 71.1 cm³/mol. The van der Waals surface area contributed by atoms with Gasteiger partial charge in [-0.15, -0.1) is 11.3 Å². The van der Waals surface area contributed by atoms with Crippen molar-refractivity contribution in [1.82, 2.24) is 4.98 Å². The van der Waals surface area contributed by atoms with Gasteiger partial charge < -0.3 is 9.84 Å². The average Bonchev–Trinajstić information content (AvgIpc) is 2.84. The normalized spacial score (nSPS) is 10.7. The van der Waals surface area contributed by atoms with Crippen LogP contribution in [0.4, 0.5) is 8.78 Å². The highest BCUT2D eigenvalue weighted by Gasteiger charge is 2.23. The lowest BCUT2D eigenvalue weighted by atomic mass is 10.2. The highest BCUT2D eigenvalue weighted by molar-refractivity contribution is 7.17. The molecule has 1 N–H and O–H groups in total. The summed E-state index contributed by atoms with van der Waals surface area (Å²) in [6.07, 6.45) is 0. The Bertz CT molecular complexity index is 668. The van der Waals surface area contributed by atoms with E-state index in [1.165, 1.54) is 25.1 Å². The Labute approximate surface area is 121 Å². The number of ketones is 1. The topological polar surface area (TPSA) is 76.5 Å². The molecule has 0 radical (unpaired) electrons. The lowest BCUT2D eigenvalue weighted by Gasteiger charge is -2.07. The molecule has 0 amide bonds. The first-order chi connectivity index (χ1) is 9.90. The first-order valence-corrected chi connectivity index (χ1v) is 6.51. The van der Waals surface area contributed by atoms with Crippen molar-refractivity contribution in [2.75, 3.05) is 0 Å². The van der Waals surface area contributed by atoms with Crippen LogP contribution in [0.1, 0.15) is 27.1 Å². The van der Waals surface area contributed by atoms with Crippen molar-refractivity contribution >= 4 is 23.1 Å². The third-order valence-corrected chi connectivity index (χ3v) is 3.67. The lowest BCUT2D eigenvalue weighted by molar-refractivity contribution is -0.0494. The number of carboxylic acid groups (broad SMARTS) is 1. The zero-order valence-electron chi connectivity index (χ0n) is 10.7. The highest BCUT2D eigenvalue weighted by atomic mass is 32.1. The third-order valence-electron chi connectivity index (χ3n) is 2.48. The second kappa shape index (κ2) is 5.96. The van der Waals surface area contributed by atoms with Crippen LogP contribution in [-0.2, 0) is 0 Å². The smallest absolute Gasteiger partial charge is 0.387 e. The number of aromatic carboxylic acids is 1. The maximum atomic E-state index is 12.4. The lowest BCUT2D eigenvalue weighted by Crippen LogP contribution is -2.04. The third kappa shape index (κ3) is 3.22. The minimum atomic E-state index is -3.02. The summed E-state index contributed by atoms with van der Waals surface area (Å²) in [5.74, 6) is -1.94. The number of alkyl halides is 2. The molecule has 0 saturated heterocycles. The fraction of sp³-hybridized carbons (Fsp3) is 0.154. The number of carboxylic acids is 1. The van der Waals surface area contributed by atoms with Crippen LogP contribution in [0.3, 0.4) is 0 Å². The molecule has 2 aromatic rings. The number of hydrogen-bond donors (Lipinski definition) is 1. The summed E-state index contributed by atoms with van der Waals surface area (Å²) >= 11 is 0.824. The number of rotatable bonds is 5. The van der Waals surface area contributed by atoms with Gasteiger partial charge in [-0.3, -0.25) is 4.79 Å². The average molecular weight is 313 g/mol. The van der Waals surface area contributed by atoms with Crippen LogP contribution in [0.15, 0.2) is 24.3 Å². The molecule has 0 spiro atoms. The molecule has 0 fully saturated rings. The number of aromatic nitrogens is 1. The zero-order valence-corrected chi connectivity index (χ0v) is 11.5. The zero-order chi connectivity index (χ0) is 15.6. The summed E-state index contributed by atoms with van der Waals surface area (Å²) in [6.45, 7) is -1.80. The molecule has 1 aromatic heterocycles. The van der Waals surface area contributed by atoms with E-state index in [9.17, 15) is 18.4 Å². The Balaban J connectivity index is 2.55. The van der Waals surface area contributed by atoms with Gasteiger partial charge in [0, 0.05) is 6.92 Å². The number of benzene rings is 1. The van der Waals surface area contributed by atoms with E-state index in [1.54, 1.807) is 6.07 Å². The Hall–Kier alpha value is -2.35. The van der Waals surface area contributed by atoms with Gasteiger partial charge >= 0.3 is 12.6 Å². The van der Waals surface area contributed by atoms with E-state index in [0.29, 0.717) is 0 Å². The number of halogens is 2. The summed E-state index contributed by atoms with van der Waals surface area (Å²) < 4.78 is 29.1. The Morgan fingerprint density at radius 1 is 1.33 bits per heavy atom. The Kier molecular flexibility index (Phi) is 4.27. The maximum absolute atomic E-state index is 12.4. The minimum Gasteiger partial charge on any atom is -0.476 e. The molecule has 1 heterocycles. The first-order valence-electron chi connectivity index (χ1n) is 5.69. The molecule has 0 atom stereocenters. The summed E-state index contributed by atoms with van der Waals surface area (Å²) in [6, 6.07) is 5.85. The molecular weight excluding hydrogens is 304 g/mol. The number of carbonyl (C=O) groups is 2. The number of hydrogen-bond acceptors (Lipinski definition) is 5. The molecule has 0 aliphatic rings. The van der Waals surface area contributed by atoms with E-state index in [4.69, 9.17) is 5.11 Å². The number of Topliss-reactive ketones (excluding diaryl/α,β-unsaturated/α-hetero) is 1. The van der Waals surface area contributed by atoms with Gasteiger partial charge in [-0.05, 0) is 12.1 Å². The van der Waals surface area contributed by atoms with Crippen molar-refractivity contribution in [3.63, 3.8) is 0 Å². The van der Waals surface area contributed by atoms with Gasteiger partial charge in [0.1, 0.15) is 15.6 Å². The molecule has 0 aliphatic carbocycles. The SMILES string of the molecule is CC(=O)c1sc(-c2ccccc2OC(F)F)nc1C(=O)O. The first kappa shape index (κ1) is 15.0. The van der Waals surface area contributed by atoms with Crippen molar-refractivity contribution < 1.29 is 28.2 Å². The summed E-state index contributed by atoms with van der Waals surface area (Å²) in [7, 11) is 0. The Morgan fingerprint density at radius 3 is 2.52 bits per heavy atom. The van der Waals surface area contributed by atoms with Gasteiger partial charge in [0.15, 0.2) is 11.5 Å². The van der Waals surface area contributed by atoms with E-state index in [1.807, 2.05) is 0 Å². The van der Waals surface area contributed by atoms with E-state index in [0.717, 1.165) is 11.3 Å². The fourth-order valence-corrected chi connectivity index (χ4v) is 2.64. The van der Waals surface area contributed by atoms with E-state index in [-0.39, 0.29) is 21.2 Å². The molecule has 1 aromatic carbocycles. The van der Waals surface area contributed by atoms with Crippen LogP contribution in [0.5, 0.6) is 5.75 Å². The standard InChI is InChI=1S/C13H9F2NO4S/c1-6(17)10-9(12(18)19)16-11(21-10)7-4-2-3-5-8(7)20-13(14)15/h2-5,13H,1H3,(H,18,19).